The van der Waals surface area contributed by atoms with Crippen LogP contribution in [0.25, 0.3) is 0 Å². The average Bonchev–Trinajstić information content (AvgIpc) is 3.00. The molecule has 2 heterocycles. The van der Waals surface area contributed by atoms with Gasteiger partial charge < -0.3 is 20.1 Å². The van der Waals surface area contributed by atoms with Crippen molar-refractivity contribution in [2.45, 2.75) is 43.2 Å². The Balaban J connectivity index is 1.88. The third kappa shape index (κ3) is 4.13. The van der Waals surface area contributed by atoms with E-state index in [-0.39, 0.29) is 0 Å². The molecule has 2 aromatic rings. The van der Waals surface area contributed by atoms with Crippen LogP contribution in [-0.2, 0) is 11.2 Å². The zero-order valence-corrected chi connectivity index (χ0v) is 17.1. The summed E-state index contributed by atoms with van der Waals surface area (Å²) in [6.45, 7) is 2.06. The molecule has 5 atom stereocenters. The Labute approximate surface area is 164 Å². The van der Waals surface area contributed by atoms with Gasteiger partial charge in [-0.05, 0) is 57.9 Å². The summed E-state index contributed by atoms with van der Waals surface area (Å²) in [5.41, 5.74) is 2.57. The summed E-state index contributed by atoms with van der Waals surface area (Å²) >= 11 is 6.51. The van der Waals surface area contributed by atoms with Crippen LogP contribution in [0.15, 0.2) is 34.1 Å². The van der Waals surface area contributed by atoms with Crippen molar-refractivity contribution in [2.24, 2.45) is 0 Å². The minimum atomic E-state index is -1.23. The monoisotopic (exact) mass is 444 g/mol. The van der Waals surface area contributed by atoms with Gasteiger partial charge in [-0.2, -0.15) is 0 Å². The van der Waals surface area contributed by atoms with E-state index >= 15 is 0 Å². The van der Waals surface area contributed by atoms with Gasteiger partial charge in [0.25, 0.3) is 0 Å². The lowest BCUT2D eigenvalue weighted by atomic mass is 9.92. The van der Waals surface area contributed by atoms with Crippen LogP contribution >= 0.6 is 39.0 Å². The van der Waals surface area contributed by atoms with Gasteiger partial charge in [-0.1, -0.05) is 18.2 Å². The molecular weight excluding hydrogens is 424 g/mol. The first-order valence-electron chi connectivity index (χ1n) is 7.97. The van der Waals surface area contributed by atoms with Crippen molar-refractivity contribution < 1.29 is 20.1 Å². The first kappa shape index (κ1) is 19.4. The molecule has 3 rings (SSSR count). The molecule has 4 nitrogen and oxygen atoms in total. The molecule has 1 saturated heterocycles. The zero-order chi connectivity index (χ0) is 18.1. The summed E-state index contributed by atoms with van der Waals surface area (Å²) in [6, 6.07) is 10.1. The van der Waals surface area contributed by atoms with Crippen molar-refractivity contribution in [3.05, 3.63) is 55.7 Å². The Kier molecular flexibility index (Phi) is 6.26. The molecule has 1 unspecified atom stereocenters. The minimum absolute atomic E-state index is 0.568. The van der Waals surface area contributed by atoms with Gasteiger partial charge in [0, 0.05) is 11.3 Å². The highest BCUT2D eigenvalue weighted by Gasteiger charge is 2.43. The molecule has 136 valence electrons. The SMILES string of the molecule is CS[C@H]1OC(c2ccc(C)c(Cc3ccc(Br)s3)c2)[C@H](O)[C@@H](O)[C@@H]1O. The highest BCUT2D eigenvalue weighted by molar-refractivity contribution is 9.11. The van der Waals surface area contributed by atoms with Gasteiger partial charge in [-0.3, -0.25) is 0 Å². The van der Waals surface area contributed by atoms with E-state index < -0.39 is 29.9 Å². The van der Waals surface area contributed by atoms with Crippen LogP contribution < -0.4 is 0 Å². The van der Waals surface area contributed by atoms with Gasteiger partial charge in [0.05, 0.1) is 3.79 Å². The fourth-order valence-corrected chi connectivity index (χ4v) is 5.19. The Morgan fingerprint density at radius 2 is 1.88 bits per heavy atom. The number of aliphatic hydroxyl groups is 3. The third-order valence-electron chi connectivity index (χ3n) is 4.50. The van der Waals surface area contributed by atoms with Crippen molar-refractivity contribution in [1.29, 1.82) is 0 Å². The van der Waals surface area contributed by atoms with E-state index in [0.717, 1.165) is 21.3 Å². The van der Waals surface area contributed by atoms with Crippen molar-refractivity contribution in [3.63, 3.8) is 0 Å². The summed E-state index contributed by atoms with van der Waals surface area (Å²) in [7, 11) is 0. The first-order valence-corrected chi connectivity index (χ1v) is 10.9. The van der Waals surface area contributed by atoms with Crippen LogP contribution in [0, 0.1) is 6.92 Å². The molecule has 3 N–H and O–H groups in total. The Morgan fingerprint density at radius 3 is 2.52 bits per heavy atom. The number of halogens is 1. The lowest BCUT2D eigenvalue weighted by Crippen LogP contribution is -2.52. The second-order valence-corrected chi connectivity index (χ2v) is 9.68. The van der Waals surface area contributed by atoms with E-state index in [0.29, 0.717) is 0 Å². The predicted octanol–water partition coefficient (Wildman–Crippen LogP) is 3.25. The smallest absolute Gasteiger partial charge is 0.132 e. The Morgan fingerprint density at radius 1 is 1.12 bits per heavy atom. The molecule has 0 saturated carbocycles. The summed E-state index contributed by atoms with van der Waals surface area (Å²) in [4.78, 5) is 1.25. The normalized spacial score (nSPS) is 29.8. The number of rotatable bonds is 4. The average molecular weight is 445 g/mol. The summed E-state index contributed by atoms with van der Waals surface area (Å²) in [6.07, 6.45) is -1.54. The molecule has 0 aliphatic carbocycles. The third-order valence-corrected chi connectivity index (χ3v) is 6.98. The van der Waals surface area contributed by atoms with E-state index in [2.05, 4.69) is 28.9 Å². The minimum Gasteiger partial charge on any atom is -0.387 e. The summed E-state index contributed by atoms with van der Waals surface area (Å²) in [5.74, 6) is 0. The van der Waals surface area contributed by atoms with Crippen molar-refractivity contribution in [1.82, 2.24) is 0 Å². The topological polar surface area (TPSA) is 69.9 Å². The van der Waals surface area contributed by atoms with Crippen LogP contribution in [0.3, 0.4) is 0 Å². The number of aliphatic hydroxyl groups excluding tert-OH is 3. The molecule has 0 radical (unpaired) electrons. The number of thioether (sulfide) groups is 1. The first-order chi connectivity index (χ1) is 11.9. The largest absolute Gasteiger partial charge is 0.387 e. The maximum absolute atomic E-state index is 10.4. The Bertz CT molecular complexity index is 734. The van der Waals surface area contributed by atoms with Crippen LogP contribution in [0.2, 0.25) is 0 Å². The molecule has 1 aliphatic rings. The van der Waals surface area contributed by atoms with E-state index in [9.17, 15) is 15.3 Å². The predicted molar refractivity (Wildman–Crippen MR) is 105 cm³/mol. The zero-order valence-electron chi connectivity index (χ0n) is 13.9. The molecule has 1 aliphatic heterocycles. The van der Waals surface area contributed by atoms with Crippen LogP contribution in [0.4, 0.5) is 0 Å². The van der Waals surface area contributed by atoms with E-state index in [1.54, 1.807) is 11.3 Å². The lowest BCUT2D eigenvalue weighted by molar-refractivity contribution is -0.200. The van der Waals surface area contributed by atoms with Crippen molar-refractivity contribution in [3.8, 4) is 0 Å². The van der Waals surface area contributed by atoms with E-state index in [4.69, 9.17) is 4.74 Å². The van der Waals surface area contributed by atoms with Crippen molar-refractivity contribution in [2.75, 3.05) is 6.26 Å². The number of benzene rings is 1. The summed E-state index contributed by atoms with van der Waals surface area (Å²) < 4.78 is 6.96. The summed E-state index contributed by atoms with van der Waals surface area (Å²) in [5, 5.41) is 30.5. The molecule has 0 amide bonds. The second kappa shape index (κ2) is 8.08. The number of aryl methyl sites for hydroxylation is 1. The second-order valence-electron chi connectivity index (χ2n) is 6.20. The van der Waals surface area contributed by atoms with Gasteiger partial charge in [0.1, 0.15) is 29.9 Å². The van der Waals surface area contributed by atoms with E-state index in [1.807, 2.05) is 30.5 Å². The highest BCUT2D eigenvalue weighted by atomic mass is 79.9. The van der Waals surface area contributed by atoms with Gasteiger partial charge in [0.15, 0.2) is 0 Å². The maximum atomic E-state index is 10.4. The molecule has 7 heteroatoms. The quantitative estimate of drug-likeness (QED) is 0.674. The lowest BCUT2D eigenvalue weighted by Gasteiger charge is -2.40. The molecule has 0 spiro atoms. The number of thiophene rings is 1. The maximum Gasteiger partial charge on any atom is 0.132 e. The number of hydrogen-bond acceptors (Lipinski definition) is 6. The molecule has 1 aromatic carbocycles. The van der Waals surface area contributed by atoms with Gasteiger partial charge in [0.2, 0.25) is 0 Å². The van der Waals surface area contributed by atoms with Gasteiger partial charge in [-0.15, -0.1) is 23.1 Å². The fraction of sp³-hybridized carbons (Fsp3) is 0.444. The van der Waals surface area contributed by atoms with E-state index in [1.165, 1.54) is 22.2 Å². The molecular formula is C18H21BrO4S2. The number of hydrogen-bond donors (Lipinski definition) is 3. The van der Waals surface area contributed by atoms with Gasteiger partial charge >= 0.3 is 0 Å². The van der Waals surface area contributed by atoms with Crippen molar-refractivity contribution >= 4 is 39.0 Å². The Hall–Kier alpha value is -0.410. The van der Waals surface area contributed by atoms with Crippen LogP contribution in [-0.4, -0.2) is 45.3 Å². The molecule has 25 heavy (non-hydrogen) atoms. The standard InChI is InChI=1S/C18H21BrO4S2/c1-9-3-4-10(7-11(9)8-12-5-6-13(19)25-12)17-15(21)14(20)16(22)18(23-17)24-2/h3-7,14-18,20-22H,8H2,1-2H3/t14-,15-,16+,17?,18-/m1/s1. The van der Waals surface area contributed by atoms with Gasteiger partial charge in [-0.25, -0.2) is 0 Å². The highest BCUT2D eigenvalue weighted by Crippen LogP contribution is 2.36. The van der Waals surface area contributed by atoms with Crippen LogP contribution in [0.5, 0.6) is 0 Å². The number of ether oxygens (including phenoxy) is 1. The fourth-order valence-electron chi connectivity index (χ4n) is 3.01. The molecule has 1 aromatic heterocycles. The van der Waals surface area contributed by atoms with Crippen LogP contribution in [0.1, 0.15) is 27.7 Å². The molecule has 0 bridgehead atoms. The molecule has 1 fully saturated rings.